The highest BCUT2D eigenvalue weighted by Gasteiger charge is 2.64. The SMILES string of the molecule is c1ccc(CO[C@@H]2[C@@H]3N(C[C@H]2OCc2ccccc2)OCC32CC2)cc1. The fourth-order valence-corrected chi connectivity index (χ4v) is 4.34. The quantitative estimate of drug-likeness (QED) is 0.796. The van der Waals surface area contributed by atoms with Crippen LogP contribution in [0.4, 0.5) is 0 Å². The molecule has 2 aliphatic heterocycles. The molecule has 1 aliphatic carbocycles. The Hall–Kier alpha value is -1.72. The maximum atomic E-state index is 6.43. The van der Waals surface area contributed by atoms with Crippen LogP contribution in [0.15, 0.2) is 60.7 Å². The zero-order valence-corrected chi connectivity index (χ0v) is 14.9. The average Bonchev–Trinajstić information content (AvgIpc) is 3.27. The zero-order chi connectivity index (χ0) is 17.4. The molecule has 3 fully saturated rings. The Morgan fingerprint density at radius 3 is 2.12 bits per heavy atom. The molecular weight excluding hydrogens is 326 g/mol. The number of ether oxygens (including phenoxy) is 2. The molecule has 0 amide bonds. The van der Waals surface area contributed by atoms with Gasteiger partial charge in [0.25, 0.3) is 0 Å². The van der Waals surface area contributed by atoms with Gasteiger partial charge in [0, 0.05) is 5.41 Å². The van der Waals surface area contributed by atoms with Gasteiger partial charge in [0.15, 0.2) is 0 Å². The van der Waals surface area contributed by atoms with Crippen molar-refractivity contribution in [2.75, 3.05) is 13.2 Å². The van der Waals surface area contributed by atoms with Gasteiger partial charge in [-0.15, -0.1) is 0 Å². The molecule has 0 radical (unpaired) electrons. The van der Waals surface area contributed by atoms with Crippen molar-refractivity contribution in [3.05, 3.63) is 71.8 Å². The third-order valence-corrected chi connectivity index (χ3v) is 5.98. The largest absolute Gasteiger partial charge is 0.369 e. The molecule has 0 unspecified atom stereocenters. The van der Waals surface area contributed by atoms with E-state index < -0.39 is 0 Å². The lowest BCUT2D eigenvalue weighted by molar-refractivity contribution is -0.125. The second-order valence-corrected chi connectivity index (χ2v) is 7.78. The highest BCUT2D eigenvalue weighted by molar-refractivity contribution is 5.16. The molecule has 0 aromatic heterocycles. The van der Waals surface area contributed by atoms with Gasteiger partial charge in [-0.05, 0) is 24.0 Å². The summed E-state index contributed by atoms with van der Waals surface area (Å²) in [5.74, 6) is 0. The van der Waals surface area contributed by atoms with E-state index in [9.17, 15) is 0 Å². The second-order valence-electron chi connectivity index (χ2n) is 7.78. The molecule has 0 N–H and O–H groups in total. The van der Waals surface area contributed by atoms with Crippen LogP contribution >= 0.6 is 0 Å². The van der Waals surface area contributed by atoms with Gasteiger partial charge in [-0.25, -0.2) is 0 Å². The molecule has 26 heavy (non-hydrogen) atoms. The number of nitrogens with zero attached hydrogens (tertiary/aromatic N) is 1. The molecule has 4 nitrogen and oxygen atoms in total. The topological polar surface area (TPSA) is 30.9 Å². The van der Waals surface area contributed by atoms with E-state index in [1.165, 1.54) is 24.0 Å². The third-order valence-electron chi connectivity index (χ3n) is 5.98. The lowest BCUT2D eigenvalue weighted by Crippen LogP contribution is -2.40. The number of rotatable bonds is 6. The first kappa shape index (κ1) is 16.5. The lowest BCUT2D eigenvalue weighted by Gasteiger charge is -2.27. The smallest absolute Gasteiger partial charge is 0.104 e. The van der Waals surface area contributed by atoms with E-state index in [2.05, 4.69) is 53.6 Å². The fourth-order valence-electron chi connectivity index (χ4n) is 4.34. The Morgan fingerprint density at radius 2 is 1.50 bits per heavy atom. The van der Waals surface area contributed by atoms with E-state index in [0.717, 1.165) is 13.2 Å². The number of hydrogen-bond acceptors (Lipinski definition) is 4. The van der Waals surface area contributed by atoms with E-state index in [-0.39, 0.29) is 12.2 Å². The Labute approximate surface area is 154 Å². The van der Waals surface area contributed by atoms with Gasteiger partial charge >= 0.3 is 0 Å². The van der Waals surface area contributed by atoms with Crippen LogP contribution in [0.2, 0.25) is 0 Å². The van der Waals surface area contributed by atoms with Crippen LogP contribution in [0.1, 0.15) is 24.0 Å². The number of benzene rings is 2. The van der Waals surface area contributed by atoms with Crippen molar-refractivity contribution in [2.45, 2.75) is 44.3 Å². The minimum absolute atomic E-state index is 0.0432. The summed E-state index contributed by atoms with van der Waals surface area (Å²) in [4.78, 5) is 5.99. The monoisotopic (exact) mass is 351 g/mol. The van der Waals surface area contributed by atoms with E-state index in [4.69, 9.17) is 14.3 Å². The number of hydrogen-bond donors (Lipinski definition) is 0. The molecule has 1 saturated carbocycles. The summed E-state index contributed by atoms with van der Waals surface area (Å²) in [6, 6.07) is 21.1. The molecule has 2 aromatic rings. The predicted molar refractivity (Wildman–Crippen MR) is 98.2 cm³/mol. The van der Waals surface area contributed by atoms with Gasteiger partial charge in [0.2, 0.25) is 0 Å². The molecule has 2 aromatic carbocycles. The average molecular weight is 351 g/mol. The van der Waals surface area contributed by atoms with Crippen LogP contribution in [0.5, 0.6) is 0 Å². The summed E-state index contributed by atoms with van der Waals surface area (Å²) in [7, 11) is 0. The van der Waals surface area contributed by atoms with E-state index >= 15 is 0 Å². The van der Waals surface area contributed by atoms with Crippen LogP contribution in [0.3, 0.4) is 0 Å². The second kappa shape index (κ2) is 6.78. The molecular formula is C22H25NO3. The maximum Gasteiger partial charge on any atom is 0.104 e. The van der Waals surface area contributed by atoms with Crippen molar-refractivity contribution < 1.29 is 14.3 Å². The van der Waals surface area contributed by atoms with Gasteiger partial charge < -0.3 is 9.47 Å². The van der Waals surface area contributed by atoms with E-state index in [0.29, 0.717) is 24.7 Å². The Balaban J connectivity index is 1.30. The standard InChI is InChI=1S/C22H25NO3/c1-3-7-17(8-4-1)14-24-19-13-23-21(22(11-12-22)16-26-23)20(19)25-15-18-9-5-2-6-10-18/h1-10,19-21H,11-16H2/t19-,20+,21+/m1/s1. The first-order valence-electron chi connectivity index (χ1n) is 9.55. The van der Waals surface area contributed by atoms with Gasteiger partial charge in [0.1, 0.15) is 12.2 Å². The van der Waals surface area contributed by atoms with Gasteiger partial charge in [-0.3, -0.25) is 4.84 Å². The summed E-state index contributed by atoms with van der Waals surface area (Å²) < 4.78 is 12.7. The molecule has 3 aliphatic rings. The zero-order valence-electron chi connectivity index (χ0n) is 14.9. The first-order chi connectivity index (χ1) is 12.8. The number of fused-ring (bicyclic) bond motifs is 2. The highest BCUT2D eigenvalue weighted by atomic mass is 16.7. The van der Waals surface area contributed by atoms with Crippen LogP contribution in [-0.4, -0.2) is 36.5 Å². The molecule has 5 rings (SSSR count). The summed E-state index contributed by atoms with van der Waals surface area (Å²) in [5, 5.41) is 2.14. The fraction of sp³-hybridized carbons (Fsp3) is 0.455. The summed E-state index contributed by atoms with van der Waals surface area (Å²) in [5.41, 5.74) is 2.70. The van der Waals surface area contributed by atoms with Crippen molar-refractivity contribution in [1.82, 2.24) is 5.06 Å². The summed E-state index contributed by atoms with van der Waals surface area (Å²) in [6.45, 7) is 2.87. The van der Waals surface area contributed by atoms with E-state index in [1.807, 2.05) is 12.1 Å². The minimum atomic E-state index is 0.0432. The van der Waals surface area contributed by atoms with Gasteiger partial charge in [0.05, 0.1) is 32.4 Å². The van der Waals surface area contributed by atoms with Crippen molar-refractivity contribution >= 4 is 0 Å². The molecule has 3 atom stereocenters. The van der Waals surface area contributed by atoms with Crippen molar-refractivity contribution in [2.24, 2.45) is 5.41 Å². The molecule has 4 heteroatoms. The van der Waals surface area contributed by atoms with Gasteiger partial charge in [-0.1, -0.05) is 60.7 Å². The molecule has 2 heterocycles. The first-order valence-corrected chi connectivity index (χ1v) is 9.55. The normalized spacial score (nSPS) is 29.2. The molecule has 2 saturated heterocycles. The molecule has 1 spiro atoms. The maximum absolute atomic E-state index is 6.43. The Kier molecular flexibility index (Phi) is 4.29. The van der Waals surface area contributed by atoms with E-state index in [1.54, 1.807) is 0 Å². The van der Waals surface area contributed by atoms with Crippen molar-refractivity contribution in [3.63, 3.8) is 0 Å². The van der Waals surface area contributed by atoms with Crippen LogP contribution in [-0.2, 0) is 27.5 Å². The third kappa shape index (κ3) is 3.08. The summed E-state index contributed by atoms with van der Waals surface area (Å²) >= 11 is 0. The highest BCUT2D eigenvalue weighted by Crippen LogP contribution is 2.58. The molecule has 0 bridgehead atoms. The predicted octanol–water partition coefficient (Wildman–Crippen LogP) is 3.57. The lowest BCUT2D eigenvalue weighted by atomic mass is 9.94. The molecule has 136 valence electrons. The minimum Gasteiger partial charge on any atom is -0.369 e. The van der Waals surface area contributed by atoms with Crippen LogP contribution < -0.4 is 0 Å². The number of hydroxylamine groups is 2. The van der Waals surface area contributed by atoms with Crippen LogP contribution in [0, 0.1) is 5.41 Å². The van der Waals surface area contributed by atoms with Crippen LogP contribution in [0.25, 0.3) is 0 Å². The summed E-state index contributed by atoms with van der Waals surface area (Å²) in [6.07, 6.45) is 2.58. The van der Waals surface area contributed by atoms with Gasteiger partial charge in [-0.2, -0.15) is 5.06 Å². The van der Waals surface area contributed by atoms with Crippen molar-refractivity contribution in [1.29, 1.82) is 0 Å². The Bertz CT molecular complexity index is 732. The van der Waals surface area contributed by atoms with Crippen molar-refractivity contribution in [3.8, 4) is 0 Å². The Morgan fingerprint density at radius 1 is 0.885 bits per heavy atom.